The van der Waals surface area contributed by atoms with E-state index in [9.17, 15) is 0 Å². The van der Waals surface area contributed by atoms with Gasteiger partial charge in [0.15, 0.2) is 0 Å². The zero-order valence-corrected chi connectivity index (χ0v) is 9.25. The number of aryl methyl sites for hydroxylation is 1. The Morgan fingerprint density at radius 3 is 2.71 bits per heavy atom. The quantitative estimate of drug-likeness (QED) is 0.758. The highest BCUT2D eigenvalue weighted by Crippen LogP contribution is 2.27. The SMILES string of the molecule is CC(C)c1ncc(-c2cn(C)nn2)s1. The standard InChI is InChI=1S/C9H12N4S/c1-6(2)9-10-4-8(14-9)7-5-13(3)12-11-7/h4-6H,1-3H3. The molecule has 0 saturated heterocycles. The summed E-state index contributed by atoms with van der Waals surface area (Å²) in [5, 5.41) is 9.08. The molecule has 2 aromatic rings. The summed E-state index contributed by atoms with van der Waals surface area (Å²) in [5.74, 6) is 0.477. The van der Waals surface area contributed by atoms with Crippen molar-refractivity contribution in [2.45, 2.75) is 19.8 Å². The van der Waals surface area contributed by atoms with Gasteiger partial charge in [-0.15, -0.1) is 16.4 Å². The second-order valence-electron chi connectivity index (χ2n) is 3.49. The Bertz CT molecular complexity index is 429. The van der Waals surface area contributed by atoms with Gasteiger partial charge in [-0.1, -0.05) is 19.1 Å². The number of thiazole rings is 1. The molecule has 0 radical (unpaired) electrons. The van der Waals surface area contributed by atoms with E-state index in [0.717, 1.165) is 15.6 Å². The molecular formula is C9H12N4S. The van der Waals surface area contributed by atoms with E-state index >= 15 is 0 Å². The average Bonchev–Trinajstić information content (AvgIpc) is 2.70. The van der Waals surface area contributed by atoms with Crippen LogP contribution in [0.25, 0.3) is 10.6 Å². The summed E-state index contributed by atoms with van der Waals surface area (Å²) in [5.41, 5.74) is 0.900. The minimum atomic E-state index is 0.477. The molecule has 2 rings (SSSR count). The molecule has 0 saturated carbocycles. The number of nitrogens with zero attached hydrogens (tertiary/aromatic N) is 4. The summed E-state index contributed by atoms with van der Waals surface area (Å²) in [6.07, 6.45) is 3.77. The van der Waals surface area contributed by atoms with Crippen molar-refractivity contribution in [3.05, 3.63) is 17.4 Å². The summed E-state index contributed by atoms with van der Waals surface area (Å²) < 4.78 is 1.70. The Morgan fingerprint density at radius 1 is 1.43 bits per heavy atom. The third kappa shape index (κ3) is 1.68. The lowest BCUT2D eigenvalue weighted by molar-refractivity contribution is 0.715. The van der Waals surface area contributed by atoms with Crippen LogP contribution in [0.3, 0.4) is 0 Å². The van der Waals surface area contributed by atoms with Crippen LogP contribution in [0.5, 0.6) is 0 Å². The van der Waals surface area contributed by atoms with E-state index in [-0.39, 0.29) is 0 Å². The summed E-state index contributed by atoms with van der Waals surface area (Å²) in [4.78, 5) is 5.43. The molecule has 0 unspecified atom stereocenters. The van der Waals surface area contributed by atoms with Crippen molar-refractivity contribution in [1.82, 2.24) is 20.0 Å². The van der Waals surface area contributed by atoms with Gasteiger partial charge in [-0.2, -0.15) is 0 Å². The van der Waals surface area contributed by atoms with Gasteiger partial charge in [0.05, 0.1) is 16.1 Å². The van der Waals surface area contributed by atoms with E-state index < -0.39 is 0 Å². The fraction of sp³-hybridized carbons (Fsp3) is 0.444. The third-order valence-electron chi connectivity index (χ3n) is 1.87. The van der Waals surface area contributed by atoms with Crippen LogP contribution in [0.1, 0.15) is 24.8 Å². The Hall–Kier alpha value is -1.23. The van der Waals surface area contributed by atoms with Gasteiger partial charge in [0.1, 0.15) is 5.69 Å². The molecule has 14 heavy (non-hydrogen) atoms. The highest BCUT2D eigenvalue weighted by molar-refractivity contribution is 7.15. The van der Waals surface area contributed by atoms with Crippen molar-refractivity contribution in [3.63, 3.8) is 0 Å². The van der Waals surface area contributed by atoms with Crippen LogP contribution in [0.2, 0.25) is 0 Å². The van der Waals surface area contributed by atoms with Crippen molar-refractivity contribution in [2.24, 2.45) is 7.05 Å². The molecule has 0 N–H and O–H groups in total. The first kappa shape index (κ1) is 9.33. The predicted octanol–water partition coefficient (Wildman–Crippen LogP) is 2.06. The van der Waals surface area contributed by atoms with E-state index in [1.165, 1.54) is 0 Å². The first-order valence-corrected chi connectivity index (χ1v) is 5.31. The van der Waals surface area contributed by atoms with E-state index in [1.54, 1.807) is 16.0 Å². The van der Waals surface area contributed by atoms with Gasteiger partial charge in [-0.25, -0.2) is 4.98 Å². The Labute approximate surface area is 86.6 Å². The zero-order chi connectivity index (χ0) is 10.1. The molecule has 5 heteroatoms. The summed E-state index contributed by atoms with van der Waals surface area (Å²) >= 11 is 1.68. The maximum atomic E-state index is 4.34. The minimum absolute atomic E-state index is 0.477. The molecule has 0 bridgehead atoms. The third-order valence-corrected chi connectivity index (χ3v) is 3.19. The van der Waals surface area contributed by atoms with Gasteiger partial charge in [-0.3, -0.25) is 4.68 Å². The van der Waals surface area contributed by atoms with E-state index in [1.807, 2.05) is 19.4 Å². The van der Waals surface area contributed by atoms with Gasteiger partial charge in [0.25, 0.3) is 0 Å². The van der Waals surface area contributed by atoms with Crippen molar-refractivity contribution in [3.8, 4) is 10.6 Å². The van der Waals surface area contributed by atoms with E-state index in [4.69, 9.17) is 0 Å². The maximum absolute atomic E-state index is 4.34. The number of aromatic nitrogens is 4. The van der Waals surface area contributed by atoms with Gasteiger partial charge >= 0.3 is 0 Å². The fourth-order valence-corrected chi connectivity index (χ4v) is 2.00. The highest BCUT2D eigenvalue weighted by atomic mass is 32.1. The summed E-state index contributed by atoms with van der Waals surface area (Å²) in [6, 6.07) is 0. The average molecular weight is 208 g/mol. The zero-order valence-electron chi connectivity index (χ0n) is 8.43. The maximum Gasteiger partial charge on any atom is 0.124 e. The van der Waals surface area contributed by atoms with E-state index in [0.29, 0.717) is 5.92 Å². The lowest BCUT2D eigenvalue weighted by Gasteiger charge is -1.94. The normalized spacial score (nSPS) is 11.1. The van der Waals surface area contributed by atoms with Gasteiger partial charge in [0, 0.05) is 19.2 Å². The van der Waals surface area contributed by atoms with Crippen molar-refractivity contribution >= 4 is 11.3 Å². The Balaban J connectivity index is 2.33. The van der Waals surface area contributed by atoms with Crippen molar-refractivity contribution < 1.29 is 0 Å². The van der Waals surface area contributed by atoms with Crippen LogP contribution in [0, 0.1) is 0 Å². The highest BCUT2D eigenvalue weighted by Gasteiger charge is 2.09. The first-order chi connectivity index (χ1) is 6.66. The van der Waals surface area contributed by atoms with Crippen molar-refractivity contribution in [2.75, 3.05) is 0 Å². The molecule has 0 atom stereocenters. The molecule has 0 aliphatic rings. The molecule has 2 heterocycles. The van der Waals surface area contributed by atoms with Crippen LogP contribution in [0.15, 0.2) is 12.4 Å². The lowest BCUT2D eigenvalue weighted by Crippen LogP contribution is -1.85. The van der Waals surface area contributed by atoms with Crippen molar-refractivity contribution in [1.29, 1.82) is 0 Å². The van der Waals surface area contributed by atoms with Crippen LogP contribution >= 0.6 is 11.3 Å². The smallest absolute Gasteiger partial charge is 0.124 e. The minimum Gasteiger partial charge on any atom is -0.255 e. The lowest BCUT2D eigenvalue weighted by atomic mass is 10.2. The second kappa shape index (κ2) is 3.49. The molecule has 0 spiro atoms. The molecule has 0 aliphatic carbocycles. The first-order valence-electron chi connectivity index (χ1n) is 4.49. The van der Waals surface area contributed by atoms with Gasteiger partial charge in [0.2, 0.25) is 0 Å². The molecular weight excluding hydrogens is 196 g/mol. The van der Waals surface area contributed by atoms with Crippen LogP contribution < -0.4 is 0 Å². The number of hydrogen-bond donors (Lipinski definition) is 0. The molecule has 0 fully saturated rings. The van der Waals surface area contributed by atoms with Crippen LogP contribution in [-0.4, -0.2) is 20.0 Å². The number of rotatable bonds is 2. The molecule has 0 amide bonds. The van der Waals surface area contributed by atoms with Gasteiger partial charge in [-0.05, 0) is 0 Å². The second-order valence-corrected chi connectivity index (χ2v) is 4.56. The Kier molecular flexibility index (Phi) is 2.33. The van der Waals surface area contributed by atoms with Gasteiger partial charge < -0.3 is 0 Å². The Morgan fingerprint density at radius 2 is 2.21 bits per heavy atom. The molecule has 0 aliphatic heterocycles. The summed E-state index contributed by atoms with van der Waals surface area (Å²) in [7, 11) is 1.86. The van der Waals surface area contributed by atoms with Crippen LogP contribution in [-0.2, 0) is 7.05 Å². The largest absolute Gasteiger partial charge is 0.255 e. The summed E-state index contributed by atoms with van der Waals surface area (Å²) in [6.45, 7) is 4.28. The van der Waals surface area contributed by atoms with Crippen LogP contribution in [0.4, 0.5) is 0 Å². The molecule has 2 aromatic heterocycles. The predicted molar refractivity (Wildman–Crippen MR) is 56.2 cm³/mol. The van der Waals surface area contributed by atoms with E-state index in [2.05, 4.69) is 29.1 Å². The molecule has 0 aromatic carbocycles. The fourth-order valence-electron chi connectivity index (χ4n) is 1.13. The number of hydrogen-bond acceptors (Lipinski definition) is 4. The monoisotopic (exact) mass is 208 g/mol. The molecule has 74 valence electrons. The molecule has 4 nitrogen and oxygen atoms in total. The topological polar surface area (TPSA) is 43.6 Å².